The second-order valence-electron chi connectivity index (χ2n) is 7.71. The summed E-state index contributed by atoms with van der Waals surface area (Å²) in [5.74, 6) is -1.42. The Morgan fingerprint density at radius 2 is 1.89 bits per heavy atom. The fourth-order valence-corrected chi connectivity index (χ4v) is 4.21. The molecular formula is C19H20F4N2O3. The fourth-order valence-electron chi connectivity index (χ4n) is 4.21. The van der Waals surface area contributed by atoms with Crippen molar-refractivity contribution in [2.45, 2.75) is 31.0 Å². The van der Waals surface area contributed by atoms with Gasteiger partial charge >= 0.3 is 12.2 Å². The third-order valence-electron chi connectivity index (χ3n) is 5.81. The van der Waals surface area contributed by atoms with Gasteiger partial charge in [-0.15, -0.1) is 0 Å². The second-order valence-corrected chi connectivity index (χ2v) is 7.71. The predicted octanol–water partition coefficient (Wildman–Crippen LogP) is 3.04. The number of carbonyl (C=O) groups excluding carboxylic acids is 2. The molecule has 3 aliphatic heterocycles. The first-order valence-electron chi connectivity index (χ1n) is 9.26. The highest BCUT2D eigenvalue weighted by Gasteiger charge is 2.41. The molecule has 2 atom stereocenters. The molecule has 3 saturated heterocycles. The molecule has 5 nitrogen and oxygen atoms in total. The summed E-state index contributed by atoms with van der Waals surface area (Å²) < 4.78 is 57.3. The first kappa shape index (κ1) is 19.2. The molecule has 1 aromatic rings. The van der Waals surface area contributed by atoms with Crippen LogP contribution in [0.1, 0.15) is 29.9 Å². The molecule has 0 unspecified atom stereocenters. The maximum absolute atomic E-state index is 13.8. The number of nitrogens with zero attached hydrogens (tertiary/aromatic N) is 2. The maximum atomic E-state index is 13.8. The molecule has 3 fully saturated rings. The number of urea groups is 1. The van der Waals surface area contributed by atoms with Gasteiger partial charge in [0.05, 0.1) is 11.7 Å². The van der Waals surface area contributed by atoms with E-state index in [4.69, 9.17) is 4.74 Å². The number of hydrogen-bond donors (Lipinski definition) is 0. The zero-order valence-corrected chi connectivity index (χ0v) is 15.0. The number of alkyl halides is 3. The molecule has 3 heterocycles. The minimum atomic E-state index is -4.72. The minimum Gasteiger partial charge on any atom is -0.370 e. The molecule has 2 amide bonds. The molecule has 0 saturated carbocycles. The zero-order valence-electron chi connectivity index (χ0n) is 15.0. The van der Waals surface area contributed by atoms with E-state index in [0.29, 0.717) is 44.6 Å². The Labute approximate surface area is 159 Å². The van der Waals surface area contributed by atoms with Crippen molar-refractivity contribution in [2.75, 3.05) is 32.8 Å². The van der Waals surface area contributed by atoms with Crippen molar-refractivity contribution < 1.29 is 31.9 Å². The average Bonchev–Trinajstić information content (AvgIpc) is 2.58. The molecule has 0 aromatic heterocycles. The summed E-state index contributed by atoms with van der Waals surface area (Å²) >= 11 is 0. The molecule has 9 heteroatoms. The smallest absolute Gasteiger partial charge is 0.370 e. The molecule has 28 heavy (non-hydrogen) atoms. The third-order valence-corrected chi connectivity index (χ3v) is 5.81. The van der Waals surface area contributed by atoms with Crippen LogP contribution in [0.3, 0.4) is 0 Å². The van der Waals surface area contributed by atoms with Crippen molar-refractivity contribution in [3.05, 3.63) is 35.1 Å². The second kappa shape index (κ2) is 7.02. The lowest BCUT2D eigenvalue weighted by Crippen LogP contribution is -2.58. The van der Waals surface area contributed by atoms with Gasteiger partial charge in [-0.3, -0.25) is 4.79 Å². The molecule has 1 aromatic carbocycles. The first-order valence-corrected chi connectivity index (χ1v) is 9.26. The Morgan fingerprint density at radius 3 is 2.57 bits per heavy atom. The number of amides is 2. The number of Topliss-reactive ketones (excluding diaryl/α,β-unsaturated/α-hetero) is 1. The van der Waals surface area contributed by atoms with Crippen molar-refractivity contribution in [3.63, 3.8) is 0 Å². The van der Waals surface area contributed by atoms with Gasteiger partial charge in [-0.1, -0.05) is 6.07 Å². The van der Waals surface area contributed by atoms with E-state index in [-0.39, 0.29) is 36.4 Å². The Hall–Kier alpha value is -2.16. The summed E-state index contributed by atoms with van der Waals surface area (Å²) in [4.78, 5) is 27.5. The highest BCUT2D eigenvalue weighted by molar-refractivity contribution is 5.81. The highest BCUT2D eigenvalue weighted by atomic mass is 19.4. The van der Waals surface area contributed by atoms with Gasteiger partial charge in [0.2, 0.25) is 0 Å². The Morgan fingerprint density at radius 1 is 1.14 bits per heavy atom. The monoisotopic (exact) mass is 400 g/mol. The largest absolute Gasteiger partial charge is 0.419 e. The molecule has 4 rings (SSSR count). The van der Waals surface area contributed by atoms with E-state index in [9.17, 15) is 27.2 Å². The highest BCUT2D eigenvalue weighted by Crippen LogP contribution is 2.35. The molecule has 0 spiro atoms. The number of halogens is 4. The average molecular weight is 400 g/mol. The Balaban J connectivity index is 1.34. The van der Waals surface area contributed by atoms with E-state index in [1.165, 1.54) is 6.07 Å². The van der Waals surface area contributed by atoms with Crippen molar-refractivity contribution in [1.82, 2.24) is 9.80 Å². The molecule has 0 radical (unpaired) electrons. The molecular weight excluding hydrogens is 380 g/mol. The van der Waals surface area contributed by atoms with E-state index in [0.717, 1.165) is 12.1 Å². The van der Waals surface area contributed by atoms with Gasteiger partial charge in [0.15, 0.2) is 5.78 Å². The number of benzene rings is 1. The molecule has 0 N–H and O–H groups in total. The molecule has 152 valence electrons. The topological polar surface area (TPSA) is 49.9 Å². The van der Waals surface area contributed by atoms with E-state index in [1.54, 1.807) is 9.80 Å². The third kappa shape index (κ3) is 3.59. The first-order chi connectivity index (χ1) is 13.2. The summed E-state index contributed by atoms with van der Waals surface area (Å²) in [6.07, 6.45) is -3.60. The van der Waals surface area contributed by atoms with Crippen LogP contribution in [-0.4, -0.2) is 60.5 Å². The van der Waals surface area contributed by atoms with Crippen molar-refractivity contribution >= 4 is 11.8 Å². The van der Waals surface area contributed by atoms with Gasteiger partial charge in [-0.05, 0) is 24.1 Å². The van der Waals surface area contributed by atoms with Crippen LogP contribution in [0.2, 0.25) is 0 Å². The van der Waals surface area contributed by atoms with E-state index < -0.39 is 17.6 Å². The van der Waals surface area contributed by atoms with Crippen LogP contribution in [0.4, 0.5) is 22.4 Å². The number of piperidine rings is 1. The lowest BCUT2D eigenvalue weighted by atomic mass is 9.87. The quantitative estimate of drug-likeness (QED) is 0.681. The summed E-state index contributed by atoms with van der Waals surface area (Å²) in [7, 11) is 0. The van der Waals surface area contributed by atoms with Gasteiger partial charge in [-0.25, -0.2) is 9.18 Å². The van der Waals surface area contributed by atoms with E-state index >= 15 is 0 Å². The van der Waals surface area contributed by atoms with Gasteiger partial charge in [-0.2, -0.15) is 13.2 Å². The van der Waals surface area contributed by atoms with Crippen LogP contribution in [0.25, 0.3) is 0 Å². The summed E-state index contributed by atoms with van der Waals surface area (Å²) in [5.41, 5.74) is -0.824. The number of likely N-dealkylation sites (tertiary alicyclic amines) is 2. The summed E-state index contributed by atoms with van der Waals surface area (Å²) in [6.45, 7) is 1.83. The maximum Gasteiger partial charge on any atom is 0.419 e. The van der Waals surface area contributed by atoms with Crippen LogP contribution in [-0.2, 0) is 15.7 Å². The lowest BCUT2D eigenvalue weighted by molar-refractivity contribution is -0.140. The number of hydrogen-bond acceptors (Lipinski definition) is 3. The van der Waals surface area contributed by atoms with Crippen LogP contribution in [0.5, 0.6) is 0 Å². The van der Waals surface area contributed by atoms with Gasteiger partial charge in [0.25, 0.3) is 0 Å². The van der Waals surface area contributed by atoms with Crippen LogP contribution < -0.4 is 0 Å². The zero-order chi connectivity index (χ0) is 20.1. The standard InChI is InChI=1S/C19H20F4N2O3/c20-16-6-11(1-2-15(16)19(21,22)23)13-8-25(9-13)18(27)24-4-3-17-12(7-24)5-14(26)10-28-17/h1-2,6,12-13,17H,3-5,7-10H2/t12-,17+/m1/s1. The molecule has 0 aliphatic carbocycles. The van der Waals surface area contributed by atoms with Gasteiger partial charge in [0, 0.05) is 44.4 Å². The predicted molar refractivity (Wildman–Crippen MR) is 90.2 cm³/mol. The summed E-state index contributed by atoms with van der Waals surface area (Å²) in [5, 5.41) is 0. The lowest BCUT2D eigenvalue weighted by Gasteiger charge is -2.46. The van der Waals surface area contributed by atoms with Crippen LogP contribution in [0.15, 0.2) is 18.2 Å². The van der Waals surface area contributed by atoms with E-state index in [2.05, 4.69) is 0 Å². The van der Waals surface area contributed by atoms with Crippen LogP contribution in [0, 0.1) is 11.7 Å². The van der Waals surface area contributed by atoms with Gasteiger partial charge < -0.3 is 14.5 Å². The van der Waals surface area contributed by atoms with Crippen molar-refractivity contribution in [2.24, 2.45) is 5.92 Å². The van der Waals surface area contributed by atoms with Crippen molar-refractivity contribution in [1.29, 1.82) is 0 Å². The number of carbonyl (C=O) groups is 2. The number of ketones is 1. The number of fused-ring (bicyclic) bond motifs is 1. The SMILES string of the molecule is O=C1CO[C@H]2CCN(C(=O)N3CC(c4ccc(C(F)(F)F)c(F)c4)C3)C[C@H]2C1. The van der Waals surface area contributed by atoms with E-state index in [1.807, 2.05) is 0 Å². The van der Waals surface area contributed by atoms with Gasteiger partial charge in [0.1, 0.15) is 12.4 Å². The van der Waals surface area contributed by atoms with Crippen molar-refractivity contribution in [3.8, 4) is 0 Å². The molecule has 3 aliphatic rings. The number of rotatable bonds is 1. The Kier molecular flexibility index (Phi) is 4.81. The molecule has 0 bridgehead atoms. The minimum absolute atomic E-state index is 0.0139. The van der Waals surface area contributed by atoms with Crippen LogP contribution >= 0.6 is 0 Å². The number of ether oxygens (including phenoxy) is 1. The fraction of sp³-hybridized carbons (Fsp3) is 0.579. The summed E-state index contributed by atoms with van der Waals surface area (Å²) in [6, 6.07) is 2.78. The normalized spacial score (nSPS) is 26.1. The Bertz CT molecular complexity index is 792.